The Morgan fingerprint density at radius 1 is 0.722 bits per heavy atom. The fourth-order valence-corrected chi connectivity index (χ4v) is 10.6. The zero-order valence-corrected chi connectivity index (χ0v) is 40.2. The molecule has 0 spiro atoms. The van der Waals surface area contributed by atoms with Crippen molar-refractivity contribution in [3.05, 3.63) is 237 Å². The largest absolute Gasteiger partial charge is 0.534 e. The number of methoxy groups -OCH3 is 1. The summed E-state index contributed by atoms with van der Waals surface area (Å²) in [5.41, 5.74) is -5.55. The topological polar surface area (TPSA) is 166 Å². The van der Waals surface area contributed by atoms with Crippen LogP contribution in [0.1, 0.15) is 51.9 Å². The molecular weight excluding hydrogens is 991 g/mol. The Morgan fingerprint density at radius 2 is 1.15 bits per heavy atom. The van der Waals surface area contributed by atoms with E-state index in [2.05, 4.69) is 20.0 Å². The van der Waals surface area contributed by atoms with Gasteiger partial charge in [0, 0.05) is 23.1 Å². The van der Waals surface area contributed by atoms with Gasteiger partial charge in [0.05, 0.1) is 13.2 Å². The first kappa shape index (κ1) is 49.2. The van der Waals surface area contributed by atoms with E-state index in [0.717, 1.165) is 40.0 Å². The number of hydrogen-bond acceptors (Lipinski definition) is 12. The molecule has 0 radical (unpaired) electrons. The average molecular weight is 1030 g/mol. The third-order valence-electron chi connectivity index (χ3n) is 12.3. The van der Waals surface area contributed by atoms with Gasteiger partial charge < -0.3 is 24.4 Å². The summed E-state index contributed by atoms with van der Waals surface area (Å²) in [6, 6.07) is 54.1. The highest BCUT2D eigenvalue weighted by Crippen LogP contribution is 2.45. The Hall–Kier alpha value is -7.80. The van der Waals surface area contributed by atoms with Gasteiger partial charge in [-0.3, -0.25) is 14.5 Å². The van der Waals surface area contributed by atoms with E-state index >= 15 is 4.79 Å². The molecule has 19 heteroatoms. The number of amides is 2. The molecule has 1 aromatic heterocycles. The van der Waals surface area contributed by atoms with E-state index in [4.69, 9.17) is 26.2 Å². The van der Waals surface area contributed by atoms with E-state index in [1.54, 1.807) is 0 Å². The van der Waals surface area contributed by atoms with Crippen molar-refractivity contribution in [2.75, 3.05) is 12.4 Å². The molecule has 1 saturated heterocycles. The lowest BCUT2D eigenvalue weighted by Crippen LogP contribution is -2.72. The second-order valence-corrected chi connectivity index (χ2v) is 19.6. The lowest BCUT2D eigenvalue weighted by Gasteiger charge is -2.49. The average Bonchev–Trinajstić information content (AvgIpc) is 3.77. The molecule has 0 unspecified atom stereocenters. The summed E-state index contributed by atoms with van der Waals surface area (Å²) in [4.78, 5) is 54.7. The summed E-state index contributed by atoms with van der Waals surface area (Å²) in [6.07, 6.45) is -0.800. The molecule has 7 aromatic rings. The predicted octanol–water partition coefficient (Wildman–Crippen LogP) is 9.65. The van der Waals surface area contributed by atoms with Gasteiger partial charge >= 0.3 is 21.6 Å². The first-order valence-corrected chi connectivity index (χ1v) is 24.8. The number of ether oxygens (including phenoxy) is 1. The molecule has 9 rings (SSSR count). The fourth-order valence-electron chi connectivity index (χ4n) is 9.01. The van der Waals surface area contributed by atoms with Crippen LogP contribution >= 0.6 is 22.9 Å². The molecule has 0 aliphatic carbocycles. The van der Waals surface area contributed by atoms with Gasteiger partial charge in [-0.05, 0) is 23.1 Å². The number of alkyl halides is 3. The van der Waals surface area contributed by atoms with Crippen LogP contribution in [0.2, 0.25) is 4.34 Å². The van der Waals surface area contributed by atoms with E-state index in [1.165, 1.54) is 0 Å². The van der Waals surface area contributed by atoms with Crippen LogP contribution in [0.25, 0.3) is 0 Å². The van der Waals surface area contributed by atoms with Gasteiger partial charge in [0.2, 0.25) is 5.60 Å². The number of esters is 1. The Morgan fingerprint density at radius 3 is 1.57 bits per heavy atom. The van der Waals surface area contributed by atoms with Crippen LogP contribution in [0.15, 0.2) is 199 Å². The minimum absolute atomic E-state index is 0.00868. The first-order chi connectivity index (χ1) is 34.7. The molecule has 1 fully saturated rings. The van der Waals surface area contributed by atoms with Crippen molar-refractivity contribution >= 4 is 61.7 Å². The van der Waals surface area contributed by atoms with Gasteiger partial charge in [0.1, 0.15) is 21.6 Å². The number of oxime groups is 1. The molecule has 2 N–H and O–H groups in total. The quantitative estimate of drug-likeness (QED) is 0.0181. The fraction of sp³-hybridized carbons (Fsp3) is 0.151. The molecule has 2 amide bonds. The number of halogens is 4. The first-order valence-electron chi connectivity index (χ1n) is 22.2. The van der Waals surface area contributed by atoms with Crippen molar-refractivity contribution in [3.63, 3.8) is 0 Å². The number of anilines is 1. The van der Waals surface area contributed by atoms with E-state index < -0.39 is 80.2 Å². The van der Waals surface area contributed by atoms with Crippen molar-refractivity contribution < 1.29 is 49.7 Å². The summed E-state index contributed by atoms with van der Waals surface area (Å²) in [6.45, 7) is 0. The van der Waals surface area contributed by atoms with E-state index in [0.29, 0.717) is 16.7 Å². The third kappa shape index (κ3) is 9.08. The van der Waals surface area contributed by atoms with Crippen LogP contribution in [-0.2, 0) is 49.4 Å². The van der Waals surface area contributed by atoms with Crippen LogP contribution in [0.4, 0.5) is 18.3 Å². The second-order valence-electron chi connectivity index (χ2n) is 16.4. The normalized spacial score (nSPS) is 16.3. The SMILES string of the molecule is COC(=O)C1=C(OS(=O)(=O)C(F)(F)F)CC[C@@H]2[C@H](NC(=O)/C(=N\OC(c3ccccc3)(c3ccccc3)c3ccccc3)c3nc(NC(c4ccccc4)(c4ccccc4)c4ccccc4)sc3Cl)C(=O)N12. The van der Waals surface area contributed by atoms with Gasteiger partial charge in [0.25, 0.3) is 11.8 Å². The molecule has 366 valence electrons. The summed E-state index contributed by atoms with van der Waals surface area (Å²) < 4.78 is 73.6. The lowest BCUT2D eigenvalue weighted by molar-refractivity contribution is -0.157. The zero-order chi connectivity index (χ0) is 50.7. The van der Waals surface area contributed by atoms with Crippen molar-refractivity contribution in [1.29, 1.82) is 0 Å². The summed E-state index contributed by atoms with van der Waals surface area (Å²) in [5, 5.41) is 11.2. The van der Waals surface area contributed by atoms with Crippen molar-refractivity contribution in [1.82, 2.24) is 15.2 Å². The zero-order valence-electron chi connectivity index (χ0n) is 37.8. The number of nitrogens with one attached hydrogen (secondary N) is 2. The van der Waals surface area contributed by atoms with Crippen LogP contribution in [-0.4, -0.2) is 66.5 Å². The van der Waals surface area contributed by atoms with Crippen LogP contribution < -0.4 is 10.6 Å². The Kier molecular flexibility index (Phi) is 13.8. The lowest BCUT2D eigenvalue weighted by atomic mass is 9.77. The van der Waals surface area contributed by atoms with Crippen LogP contribution in [0.3, 0.4) is 0 Å². The van der Waals surface area contributed by atoms with Gasteiger partial charge in [-0.25, -0.2) is 9.78 Å². The van der Waals surface area contributed by atoms with Gasteiger partial charge in [-0.15, -0.1) is 0 Å². The molecular formula is C53H41ClF3N5O8S2. The Labute approximate surface area is 420 Å². The number of nitrogens with zero attached hydrogens (tertiary/aromatic N) is 3. The Balaban J connectivity index is 1.17. The third-order valence-corrected chi connectivity index (χ3v) is 14.5. The minimum atomic E-state index is -6.25. The Bertz CT molecular complexity index is 3090. The van der Waals surface area contributed by atoms with Crippen LogP contribution in [0, 0.1) is 0 Å². The highest BCUT2D eigenvalue weighted by atomic mass is 35.5. The van der Waals surface area contributed by atoms with E-state index in [1.807, 2.05) is 182 Å². The summed E-state index contributed by atoms with van der Waals surface area (Å²) >= 11 is 8.18. The van der Waals surface area contributed by atoms with Crippen molar-refractivity contribution in [3.8, 4) is 0 Å². The monoisotopic (exact) mass is 1030 g/mol. The maximum Gasteiger partial charge on any atom is 0.534 e. The molecule has 2 aliphatic heterocycles. The molecule has 2 aliphatic rings. The number of rotatable bonds is 16. The molecule has 13 nitrogen and oxygen atoms in total. The van der Waals surface area contributed by atoms with Gasteiger partial charge in [0.15, 0.2) is 22.3 Å². The standard InChI is InChI=1S/C53H41ClF3N5O8S2/c1-68-49(65)45-41(69-72(66,67)53(55,56)57)33-32-40-42(48(64)62(40)45)58-47(63)44(61-70-52(37-26-14-5-15-27-37,38-28-16-6-17-29-38)39-30-18-7-19-31-39)43-46(54)71-50(59-43)60-51(34-20-8-2-9-21-34,35-22-10-3-11-23-35)36-24-12-4-13-25-36/h2-31,40,42H,32-33H2,1H3,(H,58,63)(H,59,60)/b61-44-/t40-,42+/m1/s1. The number of β-lactam (4-membered cyclic amide) rings is 1. The van der Waals surface area contributed by atoms with Crippen LogP contribution in [0.5, 0.6) is 0 Å². The second kappa shape index (κ2) is 20.1. The summed E-state index contributed by atoms with van der Waals surface area (Å²) in [5.74, 6) is -4.29. The summed E-state index contributed by atoms with van der Waals surface area (Å²) in [7, 11) is -5.35. The van der Waals surface area contributed by atoms with E-state index in [-0.39, 0.29) is 21.6 Å². The number of hydrogen-bond donors (Lipinski definition) is 2. The number of carbonyl (C=O) groups is 3. The molecule has 2 atom stereocenters. The predicted molar refractivity (Wildman–Crippen MR) is 264 cm³/mol. The van der Waals surface area contributed by atoms with Crippen molar-refractivity contribution in [2.45, 2.75) is 41.6 Å². The maximum absolute atomic E-state index is 15.1. The number of benzene rings is 6. The van der Waals surface area contributed by atoms with Gasteiger partial charge in [-0.1, -0.05) is 210 Å². The molecule has 72 heavy (non-hydrogen) atoms. The van der Waals surface area contributed by atoms with E-state index in [9.17, 15) is 31.2 Å². The number of aromatic nitrogens is 1. The number of fused-ring (bicyclic) bond motifs is 1. The molecule has 0 saturated carbocycles. The molecule has 6 aromatic carbocycles. The highest BCUT2D eigenvalue weighted by molar-refractivity contribution is 7.87. The molecule has 0 bridgehead atoms. The smallest absolute Gasteiger partial charge is 0.464 e. The minimum Gasteiger partial charge on any atom is -0.464 e. The maximum atomic E-state index is 15.1. The van der Waals surface area contributed by atoms with Gasteiger partial charge in [-0.2, -0.15) is 21.6 Å². The number of thiazole rings is 1. The molecule has 3 heterocycles. The van der Waals surface area contributed by atoms with Crippen molar-refractivity contribution in [2.24, 2.45) is 5.16 Å². The number of allylic oxidation sites excluding steroid dienone is 1. The number of carbonyl (C=O) groups excluding carboxylic acids is 3. The highest BCUT2D eigenvalue weighted by Gasteiger charge is 2.57.